The van der Waals surface area contributed by atoms with Crippen molar-refractivity contribution in [3.63, 3.8) is 0 Å². The standard InChI is InChI=1S/C13H17N3O3S/c1-9-7-15-13(19-9)10(2)16-20(17,18)8-11-4-3-5-12(14)6-11/h3-7,10,16H,8,14H2,1-2H3. The second-order valence-electron chi connectivity index (χ2n) is 4.65. The van der Waals surface area contributed by atoms with E-state index in [0.717, 1.165) is 0 Å². The van der Waals surface area contributed by atoms with E-state index in [4.69, 9.17) is 10.2 Å². The van der Waals surface area contributed by atoms with Crippen molar-refractivity contribution in [1.29, 1.82) is 0 Å². The molecule has 7 heteroatoms. The van der Waals surface area contributed by atoms with Gasteiger partial charge in [0.05, 0.1) is 18.0 Å². The number of aryl methyl sites for hydroxylation is 1. The van der Waals surface area contributed by atoms with Crippen molar-refractivity contribution in [2.75, 3.05) is 5.73 Å². The molecule has 1 atom stereocenters. The Morgan fingerprint density at radius 2 is 2.20 bits per heavy atom. The van der Waals surface area contributed by atoms with Gasteiger partial charge < -0.3 is 10.2 Å². The van der Waals surface area contributed by atoms with E-state index in [1.54, 1.807) is 44.3 Å². The summed E-state index contributed by atoms with van der Waals surface area (Å²) in [5.41, 5.74) is 6.80. The minimum Gasteiger partial charge on any atom is -0.444 e. The third-order valence-electron chi connectivity index (χ3n) is 2.67. The molecule has 2 aromatic rings. The summed E-state index contributed by atoms with van der Waals surface area (Å²) in [5, 5.41) is 0. The Kier molecular flexibility index (Phi) is 4.10. The Morgan fingerprint density at radius 1 is 1.45 bits per heavy atom. The lowest BCUT2D eigenvalue weighted by Gasteiger charge is -2.11. The SMILES string of the molecule is Cc1cnc(C(C)NS(=O)(=O)Cc2cccc(N)c2)o1. The quantitative estimate of drug-likeness (QED) is 0.819. The molecule has 0 saturated carbocycles. The maximum atomic E-state index is 12.1. The number of nitrogen functional groups attached to an aromatic ring is 1. The molecule has 0 bridgehead atoms. The van der Waals surface area contributed by atoms with Gasteiger partial charge in [0.15, 0.2) is 0 Å². The first-order chi connectivity index (χ1) is 9.35. The monoisotopic (exact) mass is 295 g/mol. The van der Waals surface area contributed by atoms with Gasteiger partial charge >= 0.3 is 0 Å². The average molecular weight is 295 g/mol. The van der Waals surface area contributed by atoms with Crippen LogP contribution >= 0.6 is 0 Å². The maximum absolute atomic E-state index is 12.1. The van der Waals surface area contributed by atoms with E-state index in [9.17, 15) is 8.42 Å². The normalized spacial score (nSPS) is 13.3. The lowest BCUT2D eigenvalue weighted by Crippen LogP contribution is -2.28. The van der Waals surface area contributed by atoms with Gasteiger partial charge in [-0.3, -0.25) is 0 Å². The number of nitrogens with two attached hydrogens (primary N) is 1. The molecule has 1 heterocycles. The van der Waals surface area contributed by atoms with Gasteiger partial charge in [-0.05, 0) is 31.5 Å². The van der Waals surface area contributed by atoms with Gasteiger partial charge in [0, 0.05) is 5.69 Å². The summed E-state index contributed by atoms with van der Waals surface area (Å²) in [6.07, 6.45) is 1.55. The van der Waals surface area contributed by atoms with Crippen molar-refractivity contribution in [1.82, 2.24) is 9.71 Å². The van der Waals surface area contributed by atoms with Crippen molar-refractivity contribution in [3.8, 4) is 0 Å². The number of hydrogen-bond donors (Lipinski definition) is 2. The molecular formula is C13H17N3O3S. The zero-order valence-corrected chi connectivity index (χ0v) is 12.1. The lowest BCUT2D eigenvalue weighted by molar-refractivity contribution is 0.427. The minimum atomic E-state index is -3.50. The first-order valence-corrected chi connectivity index (χ1v) is 7.78. The molecule has 1 aromatic heterocycles. The fourth-order valence-corrected chi connectivity index (χ4v) is 3.18. The molecule has 2 rings (SSSR count). The van der Waals surface area contributed by atoms with Crippen LogP contribution in [0.2, 0.25) is 0 Å². The molecule has 0 amide bonds. The number of sulfonamides is 1. The molecule has 0 aliphatic rings. The predicted molar refractivity (Wildman–Crippen MR) is 76.3 cm³/mol. The highest BCUT2D eigenvalue weighted by Crippen LogP contribution is 2.15. The minimum absolute atomic E-state index is 0.137. The van der Waals surface area contributed by atoms with Crippen LogP contribution in [-0.4, -0.2) is 13.4 Å². The third-order valence-corrected chi connectivity index (χ3v) is 4.10. The summed E-state index contributed by atoms with van der Waals surface area (Å²) in [6.45, 7) is 3.44. The van der Waals surface area contributed by atoms with Crippen molar-refractivity contribution in [2.24, 2.45) is 0 Å². The van der Waals surface area contributed by atoms with Crippen molar-refractivity contribution in [3.05, 3.63) is 47.7 Å². The summed E-state index contributed by atoms with van der Waals surface area (Å²) in [5.74, 6) is 0.850. The molecule has 0 saturated heterocycles. The summed E-state index contributed by atoms with van der Waals surface area (Å²) < 4.78 is 32.0. The second-order valence-corrected chi connectivity index (χ2v) is 6.41. The number of benzene rings is 1. The number of oxazole rings is 1. The van der Waals surface area contributed by atoms with Gasteiger partial charge in [-0.25, -0.2) is 18.1 Å². The van der Waals surface area contributed by atoms with E-state index in [-0.39, 0.29) is 5.75 Å². The van der Waals surface area contributed by atoms with Crippen LogP contribution in [0.5, 0.6) is 0 Å². The topological polar surface area (TPSA) is 98.2 Å². The molecule has 0 spiro atoms. The molecule has 0 radical (unpaired) electrons. The molecule has 3 N–H and O–H groups in total. The third kappa shape index (κ3) is 3.82. The molecular weight excluding hydrogens is 278 g/mol. The Balaban J connectivity index is 2.07. The molecule has 6 nitrogen and oxygen atoms in total. The van der Waals surface area contributed by atoms with E-state index in [1.807, 2.05) is 0 Å². The zero-order valence-electron chi connectivity index (χ0n) is 11.3. The van der Waals surface area contributed by atoms with Crippen LogP contribution in [0.25, 0.3) is 0 Å². The van der Waals surface area contributed by atoms with E-state index >= 15 is 0 Å². The van der Waals surface area contributed by atoms with E-state index in [0.29, 0.717) is 22.9 Å². The molecule has 0 aliphatic carbocycles. The Bertz CT molecular complexity index is 694. The highest BCUT2D eigenvalue weighted by Gasteiger charge is 2.19. The van der Waals surface area contributed by atoms with Crippen molar-refractivity contribution in [2.45, 2.75) is 25.6 Å². The Labute approximate surface area is 118 Å². The predicted octanol–water partition coefficient (Wildman–Crippen LogP) is 1.75. The van der Waals surface area contributed by atoms with Crippen molar-refractivity contribution >= 4 is 15.7 Å². The van der Waals surface area contributed by atoms with Crippen LogP contribution in [0, 0.1) is 6.92 Å². The van der Waals surface area contributed by atoms with Crippen LogP contribution in [-0.2, 0) is 15.8 Å². The number of rotatable bonds is 5. The molecule has 1 aromatic carbocycles. The maximum Gasteiger partial charge on any atom is 0.216 e. The van der Waals surface area contributed by atoms with E-state index in [2.05, 4.69) is 9.71 Å². The smallest absolute Gasteiger partial charge is 0.216 e. The number of aromatic nitrogens is 1. The largest absolute Gasteiger partial charge is 0.444 e. The lowest BCUT2D eigenvalue weighted by atomic mass is 10.2. The molecule has 1 unspecified atom stereocenters. The average Bonchev–Trinajstić information content (AvgIpc) is 2.74. The number of anilines is 1. The Morgan fingerprint density at radius 3 is 2.80 bits per heavy atom. The number of nitrogens with zero attached hydrogens (tertiary/aromatic N) is 1. The van der Waals surface area contributed by atoms with Gasteiger partial charge in [-0.1, -0.05) is 12.1 Å². The summed E-state index contributed by atoms with van der Waals surface area (Å²) in [4.78, 5) is 4.01. The summed E-state index contributed by atoms with van der Waals surface area (Å²) in [6, 6.07) is 6.27. The summed E-state index contributed by atoms with van der Waals surface area (Å²) >= 11 is 0. The molecule has 108 valence electrons. The van der Waals surface area contributed by atoms with Crippen LogP contribution in [0.1, 0.15) is 30.2 Å². The van der Waals surface area contributed by atoms with Crippen LogP contribution in [0.4, 0.5) is 5.69 Å². The first kappa shape index (κ1) is 14.5. The summed E-state index contributed by atoms with van der Waals surface area (Å²) in [7, 11) is -3.50. The van der Waals surface area contributed by atoms with Gasteiger partial charge in [-0.15, -0.1) is 0 Å². The molecule has 0 fully saturated rings. The van der Waals surface area contributed by atoms with Crippen LogP contribution < -0.4 is 10.5 Å². The van der Waals surface area contributed by atoms with Crippen LogP contribution in [0.3, 0.4) is 0 Å². The van der Waals surface area contributed by atoms with Gasteiger partial charge in [0.1, 0.15) is 5.76 Å². The zero-order chi connectivity index (χ0) is 14.8. The fourth-order valence-electron chi connectivity index (χ4n) is 1.84. The van der Waals surface area contributed by atoms with Gasteiger partial charge in [0.25, 0.3) is 0 Å². The van der Waals surface area contributed by atoms with Crippen molar-refractivity contribution < 1.29 is 12.8 Å². The second kappa shape index (κ2) is 5.64. The van der Waals surface area contributed by atoms with E-state index < -0.39 is 16.1 Å². The number of nitrogens with one attached hydrogen (secondary N) is 1. The fraction of sp³-hybridized carbons (Fsp3) is 0.308. The Hall–Kier alpha value is -1.86. The van der Waals surface area contributed by atoms with Gasteiger partial charge in [0.2, 0.25) is 15.9 Å². The molecule has 0 aliphatic heterocycles. The van der Waals surface area contributed by atoms with Crippen LogP contribution in [0.15, 0.2) is 34.9 Å². The molecule has 20 heavy (non-hydrogen) atoms. The van der Waals surface area contributed by atoms with E-state index in [1.165, 1.54) is 0 Å². The highest BCUT2D eigenvalue weighted by atomic mass is 32.2. The number of hydrogen-bond acceptors (Lipinski definition) is 5. The van der Waals surface area contributed by atoms with Gasteiger partial charge in [-0.2, -0.15) is 0 Å². The first-order valence-electron chi connectivity index (χ1n) is 6.12. The highest BCUT2D eigenvalue weighted by molar-refractivity contribution is 7.88.